The van der Waals surface area contributed by atoms with Crippen molar-refractivity contribution in [2.45, 2.75) is 26.9 Å². The summed E-state index contributed by atoms with van der Waals surface area (Å²) in [5.41, 5.74) is 5.36. The molecule has 0 bridgehead atoms. The van der Waals surface area contributed by atoms with Crippen molar-refractivity contribution in [2.75, 3.05) is 25.3 Å². The molecule has 0 unspecified atom stereocenters. The molecule has 0 aliphatic rings. The van der Waals surface area contributed by atoms with Gasteiger partial charge in [0.1, 0.15) is 11.5 Å². The van der Waals surface area contributed by atoms with Crippen LogP contribution in [0.4, 0.5) is 11.5 Å². The van der Waals surface area contributed by atoms with E-state index in [4.69, 9.17) is 15.2 Å². The van der Waals surface area contributed by atoms with Crippen LogP contribution in [0.1, 0.15) is 19.4 Å². The number of carbonyl (C=O) groups excluding carboxylic acids is 1. The van der Waals surface area contributed by atoms with E-state index in [0.717, 1.165) is 4.57 Å². The number of aromatic nitrogens is 2. The molecule has 0 saturated heterocycles. The molecule has 9 nitrogen and oxygen atoms in total. The highest BCUT2D eigenvalue weighted by molar-refractivity contribution is 6.03. The smallest absolute Gasteiger partial charge is 0.332 e. The Kier molecular flexibility index (Phi) is 6.64. The number of nitrogens with two attached hydrogens (primary N) is 1. The summed E-state index contributed by atoms with van der Waals surface area (Å²) in [7, 11) is 3.05. The molecule has 2 aromatic rings. The molecule has 1 aromatic carbocycles. The molecule has 0 atom stereocenters. The first-order chi connectivity index (χ1) is 13.4. The maximum absolute atomic E-state index is 12.5. The Labute approximate surface area is 162 Å². The standard InChI is InChI=1S/C19H24N4O5/c1-5-22-17(20)16(18(25)23(6-2)19(22)26)21-15(24)10-8-12-7-9-13(27-3)14(11-12)28-4/h7-11H,5-6,20H2,1-4H3,(H,21,24)/b10-8+. The zero-order chi connectivity index (χ0) is 20.8. The molecule has 2 rings (SSSR count). The minimum absolute atomic E-state index is 0.0740. The number of amides is 1. The first-order valence-electron chi connectivity index (χ1n) is 8.72. The van der Waals surface area contributed by atoms with Crippen LogP contribution in [0, 0.1) is 0 Å². The van der Waals surface area contributed by atoms with Crippen LogP contribution in [0.5, 0.6) is 11.5 Å². The molecule has 3 N–H and O–H groups in total. The van der Waals surface area contributed by atoms with Gasteiger partial charge in [-0.25, -0.2) is 4.79 Å². The van der Waals surface area contributed by atoms with Crippen molar-refractivity contribution >= 4 is 23.5 Å². The number of nitrogens with one attached hydrogen (secondary N) is 1. The molecule has 150 valence electrons. The van der Waals surface area contributed by atoms with Crippen molar-refractivity contribution < 1.29 is 14.3 Å². The highest BCUT2D eigenvalue weighted by Gasteiger charge is 2.16. The zero-order valence-electron chi connectivity index (χ0n) is 16.3. The molecule has 0 radical (unpaired) electrons. The minimum atomic E-state index is -0.637. The van der Waals surface area contributed by atoms with Gasteiger partial charge in [-0.3, -0.25) is 18.7 Å². The van der Waals surface area contributed by atoms with E-state index in [-0.39, 0.29) is 24.6 Å². The summed E-state index contributed by atoms with van der Waals surface area (Å²) in [5.74, 6) is 0.464. The van der Waals surface area contributed by atoms with Gasteiger partial charge in [0.05, 0.1) is 14.2 Å². The molecule has 1 amide bonds. The Bertz CT molecular complexity index is 1020. The molecule has 0 spiro atoms. The molecule has 9 heteroatoms. The number of hydrogen-bond donors (Lipinski definition) is 2. The Hall–Kier alpha value is -3.49. The van der Waals surface area contributed by atoms with Gasteiger partial charge in [-0.2, -0.15) is 0 Å². The number of rotatable bonds is 7. The molecule has 28 heavy (non-hydrogen) atoms. The lowest BCUT2D eigenvalue weighted by Gasteiger charge is -2.14. The third kappa shape index (κ3) is 4.08. The van der Waals surface area contributed by atoms with E-state index in [1.807, 2.05) is 0 Å². The number of nitrogen functional groups attached to an aromatic ring is 1. The number of hydrogen-bond acceptors (Lipinski definition) is 6. The molecule has 1 aromatic heterocycles. The van der Waals surface area contributed by atoms with Crippen molar-refractivity contribution in [1.29, 1.82) is 0 Å². The molecule has 0 aliphatic heterocycles. The van der Waals surface area contributed by atoms with Gasteiger partial charge in [-0.1, -0.05) is 6.07 Å². The quantitative estimate of drug-likeness (QED) is 0.691. The van der Waals surface area contributed by atoms with Gasteiger partial charge in [0.2, 0.25) is 5.91 Å². The largest absolute Gasteiger partial charge is 0.493 e. The number of carbonyl (C=O) groups is 1. The van der Waals surface area contributed by atoms with Crippen LogP contribution in [0.2, 0.25) is 0 Å². The first kappa shape index (κ1) is 20.8. The van der Waals surface area contributed by atoms with Gasteiger partial charge < -0.3 is 20.5 Å². The molecule has 0 fully saturated rings. The van der Waals surface area contributed by atoms with Crippen LogP contribution < -0.4 is 31.8 Å². The van der Waals surface area contributed by atoms with Crippen molar-refractivity contribution in [1.82, 2.24) is 9.13 Å². The monoisotopic (exact) mass is 388 g/mol. The Morgan fingerprint density at radius 2 is 1.75 bits per heavy atom. The maximum Gasteiger partial charge on any atom is 0.332 e. The first-order valence-corrected chi connectivity index (χ1v) is 8.72. The van der Waals surface area contributed by atoms with Crippen LogP contribution >= 0.6 is 0 Å². The van der Waals surface area contributed by atoms with Gasteiger partial charge in [0, 0.05) is 19.2 Å². The Balaban J connectivity index is 2.32. The SMILES string of the molecule is CCn1c(N)c(NC(=O)/C=C/c2ccc(OC)c(OC)c2)c(=O)n(CC)c1=O. The summed E-state index contributed by atoms with van der Waals surface area (Å²) in [6.45, 7) is 3.84. The van der Waals surface area contributed by atoms with Gasteiger partial charge in [-0.05, 0) is 37.6 Å². The van der Waals surface area contributed by atoms with Crippen molar-refractivity contribution in [3.63, 3.8) is 0 Å². The lowest BCUT2D eigenvalue weighted by atomic mass is 10.2. The summed E-state index contributed by atoms with van der Waals surface area (Å²) in [5, 5.41) is 2.48. The fraction of sp³-hybridized carbons (Fsp3) is 0.316. The molecular formula is C19H24N4O5. The normalized spacial score (nSPS) is 10.9. The van der Waals surface area contributed by atoms with E-state index in [9.17, 15) is 14.4 Å². The maximum atomic E-state index is 12.5. The lowest BCUT2D eigenvalue weighted by molar-refractivity contribution is -0.111. The van der Waals surface area contributed by atoms with Crippen molar-refractivity contribution in [2.24, 2.45) is 0 Å². The average molecular weight is 388 g/mol. The summed E-state index contributed by atoms with van der Waals surface area (Å²) in [6, 6.07) is 5.17. The number of ether oxygens (including phenoxy) is 2. The van der Waals surface area contributed by atoms with E-state index >= 15 is 0 Å². The van der Waals surface area contributed by atoms with E-state index in [0.29, 0.717) is 17.1 Å². The zero-order valence-corrected chi connectivity index (χ0v) is 16.3. The molecular weight excluding hydrogens is 364 g/mol. The lowest BCUT2D eigenvalue weighted by Crippen LogP contribution is -2.42. The van der Waals surface area contributed by atoms with Crippen molar-refractivity contribution in [3.8, 4) is 11.5 Å². The van der Waals surface area contributed by atoms with Gasteiger partial charge in [0.25, 0.3) is 5.56 Å². The Morgan fingerprint density at radius 1 is 1.11 bits per heavy atom. The third-order valence-corrected chi connectivity index (χ3v) is 4.18. The topological polar surface area (TPSA) is 118 Å². The van der Waals surface area contributed by atoms with Crippen LogP contribution in [0.15, 0.2) is 33.9 Å². The number of anilines is 2. The van der Waals surface area contributed by atoms with Gasteiger partial charge in [0.15, 0.2) is 11.5 Å². The van der Waals surface area contributed by atoms with Crippen LogP contribution in [0.3, 0.4) is 0 Å². The van der Waals surface area contributed by atoms with Crippen LogP contribution in [0.25, 0.3) is 6.08 Å². The van der Waals surface area contributed by atoms with Gasteiger partial charge >= 0.3 is 5.69 Å². The fourth-order valence-corrected chi connectivity index (χ4v) is 2.71. The summed E-state index contributed by atoms with van der Waals surface area (Å²) in [4.78, 5) is 37.0. The number of benzene rings is 1. The van der Waals surface area contributed by atoms with Crippen LogP contribution in [-0.4, -0.2) is 29.3 Å². The molecule has 1 heterocycles. The summed E-state index contributed by atoms with van der Waals surface area (Å²) < 4.78 is 12.6. The van der Waals surface area contributed by atoms with E-state index in [1.54, 1.807) is 38.1 Å². The van der Waals surface area contributed by atoms with E-state index in [1.165, 1.54) is 24.9 Å². The second kappa shape index (κ2) is 8.94. The molecule has 0 saturated carbocycles. The second-order valence-electron chi connectivity index (χ2n) is 5.77. The number of nitrogens with zero attached hydrogens (tertiary/aromatic N) is 2. The predicted octanol–water partition coefficient (Wildman–Crippen LogP) is 1.30. The van der Waals surface area contributed by atoms with E-state index < -0.39 is 17.2 Å². The predicted molar refractivity (Wildman–Crippen MR) is 108 cm³/mol. The highest BCUT2D eigenvalue weighted by Crippen LogP contribution is 2.27. The molecule has 0 aliphatic carbocycles. The van der Waals surface area contributed by atoms with Gasteiger partial charge in [-0.15, -0.1) is 0 Å². The third-order valence-electron chi connectivity index (χ3n) is 4.18. The van der Waals surface area contributed by atoms with Crippen molar-refractivity contribution in [3.05, 3.63) is 50.7 Å². The van der Waals surface area contributed by atoms with Crippen LogP contribution in [-0.2, 0) is 17.9 Å². The highest BCUT2D eigenvalue weighted by atomic mass is 16.5. The minimum Gasteiger partial charge on any atom is -0.493 e. The second-order valence-corrected chi connectivity index (χ2v) is 5.77. The average Bonchev–Trinajstić information content (AvgIpc) is 2.70. The fourth-order valence-electron chi connectivity index (χ4n) is 2.71. The number of methoxy groups -OCH3 is 2. The van der Waals surface area contributed by atoms with E-state index in [2.05, 4.69) is 5.32 Å². The summed E-state index contributed by atoms with van der Waals surface area (Å²) in [6.07, 6.45) is 2.82. The summed E-state index contributed by atoms with van der Waals surface area (Å²) >= 11 is 0. The Morgan fingerprint density at radius 3 is 2.32 bits per heavy atom.